The predicted octanol–water partition coefficient (Wildman–Crippen LogP) is 1.87. The van der Waals surface area contributed by atoms with Gasteiger partial charge in [0, 0.05) is 26.3 Å². The van der Waals surface area contributed by atoms with Crippen molar-refractivity contribution in [3.63, 3.8) is 0 Å². The van der Waals surface area contributed by atoms with Gasteiger partial charge in [0.1, 0.15) is 10.6 Å². The van der Waals surface area contributed by atoms with Gasteiger partial charge in [0.15, 0.2) is 0 Å². The number of rotatable bonds is 7. The highest BCUT2D eigenvalue weighted by Gasteiger charge is 2.25. The number of aromatic carboxylic acids is 1. The van der Waals surface area contributed by atoms with Crippen molar-refractivity contribution in [2.75, 3.05) is 13.6 Å². The summed E-state index contributed by atoms with van der Waals surface area (Å²) in [4.78, 5) is 11.2. The minimum Gasteiger partial charge on any atom is -0.477 e. The molecule has 0 aliphatic carbocycles. The molecule has 0 spiro atoms. The normalized spacial score (nSPS) is 12.3. The minimum atomic E-state index is -3.64. The number of sulfonamides is 1. The first kappa shape index (κ1) is 16.7. The van der Waals surface area contributed by atoms with Crippen molar-refractivity contribution < 1.29 is 18.3 Å². The highest BCUT2D eigenvalue weighted by molar-refractivity contribution is 7.89. The van der Waals surface area contributed by atoms with Crippen molar-refractivity contribution in [2.24, 2.45) is 5.92 Å². The number of carboxylic acid groups (broad SMARTS) is 1. The lowest BCUT2D eigenvalue weighted by molar-refractivity contribution is 0.0685. The largest absolute Gasteiger partial charge is 0.477 e. The summed E-state index contributed by atoms with van der Waals surface area (Å²) in [5.41, 5.74) is 0.00312. The zero-order chi connectivity index (χ0) is 15.5. The van der Waals surface area contributed by atoms with Gasteiger partial charge in [-0.15, -0.1) is 0 Å². The Labute approximate surface area is 120 Å². The van der Waals surface area contributed by atoms with Crippen LogP contribution >= 0.6 is 0 Å². The molecule has 6 nitrogen and oxygen atoms in total. The lowest BCUT2D eigenvalue weighted by Crippen LogP contribution is -2.30. The van der Waals surface area contributed by atoms with E-state index < -0.39 is 16.0 Å². The summed E-state index contributed by atoms with van der Waals surface area (Å²) < 4.78 is 27.5. The molecule has 1 heterocycles. The number of carbonyl (C=O) groups is 1. The third-order valence-corrected chi connectivity index (χ3v) is 4.67. The van der Waals surface area contributed by atoms with Crippen molar-refractivity contribution in [1.29, 1.82) is 0 Å². The first-order valence-corrected chi connectivity index (χ1v) is 8.04. The van der Waals surface area contributed by atoms with Gasteiger partial charge in [-0.2, -0.15) is 0 Å². The van der Waals surface area contributed by atoms with Crippen molar-refractivity contribution in [1.82, 2.24) is 8.87 Å². The van der Waals surface area contributed by atoms with Crippen molar-refractivity contribution >= 4 is 16.0 Å². The fraction of sp³-hybridized carbons (Fsp3) is 0.615. The molecule has 0 saturated heterocycles. The van der Waals surface area contributed by atoms with Crippen molar-refractivity contribution in [3.05, 3.63) is 18.0 Å². The average molecular weight is 302 g/mol. The van der Waals surface area contributed by atoms with Crippen LogP contribution in [-0.2, 0) is 16.6 Å². The van der Waals surface area contributed by atoms with Crippen LogP contribution in [0.1, 0.15) is 37.7 Å². The predicted molar refractivity (Wildman–Crippen MR) is 76.3 cm³/mol. The van der Waals surface area contributed by atoms with Gasteiger partial charge in [0.2, 0.25) is 10.0 Å². The van der Waals surface area contributed by atoms with Crippen LogP contribution in [0.25, 0.3) is 0 Å². The van der Waals surface area contributed by atoms with Crippen LogP contribution in [0, 0.1) is 5.92 Å². The Morgan fingerprint density at radius 1 is 1.45 bits per heavy atom. The summed E-state index contributed by atoms with van der Waals surface area (Å²) in [6, 6.07) is 1.23. The fourth-order valence-corrected chi connectivity index (χ4v) is 3.40. The summed E-state index contributed by atoms with van der Waals surface area (Å²) in [6.07, 6.45) is 2.13. The van der Waals surface area contributed by atoms with Crippen LogP contribution in [-0.4, -0.2) is 42.0 Å². The topological polar surface area (TPSA) is 79.6 Å². The average Bonchev–Trinajstić information content (AvgIpc) is 2.73. The molecule has 0 atom stereocenters. The molecular weight excluding hydrogens is 280 g/mol. The SMILES string of the molecule is CCCn1cc(S(=O)(=O)N(C)CC(C)C)cc1C(=O)O. The van der Waals surface area contributed by atoms with Gasteiger partial charge in [0.05, 0.1) is 0 Å². The first-order valence-electron chi connectivity index (χ1n) is 6.60. The Kier molecular flexibility index (Phi) is 5.35. The van der Waals surface area contributed by atoms with Crippen LogP contribution < -0.4 is 0 Å². The number of aromatic nitrogens is 1. The van der Waals surface area contributed by atoms with Crippen molar-refractivity contribution in [3.8, 4) is 0 Å². The molecule has 0 unspecified atom stereocenters. The van der Waals surface area contributed by atoms with Crippen LogP contribution in [0.4, 0.5) is 0 Å². The summed E-state index contributed by atoms with van der Waals surface area (Å²) in [5, 5.41) is 9.13. The van der Waals surface area contributed by atoms with E-state index >= 15 is 0 Å². The van der Waals surface area contributed by atoms with Gasteiger partial charge in [-0.1, -0.05) is 20.8 Å². The molecule has 0 amide bonds. The summed E-state index contributed by atoms with van der Waals surface area (Å²) in [5.74, 6) is -0.919. The Bertz CT molecular complexity index is 575. The molecule has 0 bridgehead atoms. The molecule has 1 N–H and O–H groups in total. The highest BCUT2D eigenvalue weighted by Crippen LogP contribution is 2.19. The number of carboxylic acids is 1. The van der Waals surface area contributed by atoms with Crippen LogP contribution in [0.3, 0.4) is 0 Å². The van der Waals surface area contributed by atoms with E-state index in [2.05, 4.69) is 0 Å². The fourth-order valence-electron chi connectivity index (χ4n) is 2.02. The van der Waals surface area contributed by atoms with Gasteiger partial charge in [-0.05, 0) is 18.4 Å². The van der Waals surface area contributed by atoms with Gasteiger partial charge >= 0.3 is 5.97 Å². The Balaban J connectivity index is 3.19. The molecule has 7 heteroatoms. The van der Waals surface area contributed by atoms with E-state index in [0.717, 1.165) is 6.42 Å². The van der Waals surface area contributed by atoms with Crippen LogP contribution in [0.15, 0.2) is 17.2 Å². The maximum atomic E-state index is 12.4. The van der Waals surface area contributed by atoms with E-state index in [1.807, 2.05) is 20.8 Å². The molecule has 0 aliphatic rings. The molecule has 0 radical (unpaired) electrons. The Hall–Kier alpha value is -1.34. The third kappa shape index (κ3) is 3.61. The smallest absolute Gasteiger partial charge is 0.352 e. The van der Waals surface area contributed by atoms with E-state index in [9.17, 15) is 13.2 Å². The minimum absolute atomic E-state index is 0.00312. The van der Waals surface area contributed by atoms with E-state index in [4.69, 9.17) is 5.11 Å². The molecule has 20 heavy (non-hydrogen) atoms. The van der Waals surface area contributed by atoms with E-state index in [1.54, 1.807) is 0 Å². The molecule has 0 aromatic carbocycles. The van der Waals surface area contributed by atoms with Crippen molar-refractivity contribution in [2.45, 2.75) is 38.6 Å². The number of hydrogen-bond acceptors (Lipinski definition) is 3. The first-order chi connectivity index (χ1) is 9.20. The third-order valence-electron chi connectivity index (χ3n) is 2.89. The lowest BCUT2D eigenvalue weighted by atomic mass is 10.2. The van der Waals surface area contributed by atoms with E-state index in [-0.39, 0.29) is 16.5 Å². The number of nitrogens with zero attached hydrogens (tertiary/aromatic N) is 2. The highest BCUT2D eigenvalue weighted by atomic mass is 32.2. The molecule has 0 aliphatic heterocycles. The summed E-state index contributed by atoms with van der Waals surface area (Å²) in [6.45, 7) is 6.63. The molecular formula is C13H22N2O4S. The van der Waals surface area contributed by atoms with E-state index in [0.29, 0.717) is 13.1 Å². The Morgan fingerprint density at radius 2 is 2.05 bits per heavy atom. The second-order valence-electron chi connectivity index (χ2n) is 5.24. The van der Waals surface area contributed by atoms with Crippen LogP contribution in [0.5, 0.6) is 0 Å². The molecule has 0 fully saturated rings. The number of hydrogen-bond donors (Lipinski definition) is 1. The molecule has 1 aromatic heterocycles. The van der Waals surface area contributed by atoms with Gasteiger partial charge < -0.3 is 9.67 Å². The van der Waals surface area contributed by atoms with Crippen LogP contribution in [0.2, 0.25) is 0 Å². The second kappa shape index (κ2) is 6.41. The standard InChI is InChI=1S/C13H22N2O4S/c1-5-6-15-9-11(7-12(15)13(16)17)20(18,19)14(4)8-10(2)3/h7,9-10H,5-6,8H2,1-4H3,(H,16,17). The zero-order valence-electron chi connectivity index (χ0n) is 12.3. The quantitative estimate of drug-likeness (QED) is 0.834. The maximum Gasteiger partial charge on any atom is 0.352 e. The number of aryl methyl sites for hydroxylation is 1. The monoisotopic (exact) mass is 302 g/mol. The lowest BCUT2D eigenvalue weighted by Gasteiger charge is -2.18. The summed E-state index contributed by atoms with van der Waals surface area (Å²) in [7, 11) is -2.13. The molecule has 0 saturated carbocycles. The molecule has 114 valence electrons. The Morgan fingerprint density at radius 3 is 2.50 bits per heavy atom. The maximum absolute atomic E-state index is 12.4. The van der Waals surface area contributed by atoms with Gasteiger partial charge in [-0.3, -0.25) is 0 Å². The molecule has 1 aromatic rings. The van der Waals surface area contributed by atoms with E-state index in [1.165, 1.54) is 28.2 Å². The van der Waals surface area contributed by atoms with Gasteiger partial charge in [-0.25, -0.2) is 17.5 Å². The summed E-state index contributed by atoms with van der Waals surface area (Å²) >= 11 is 0. The molecule has 1 rings (SSSR count). The zero-order valence-corrected chi connectivity index (χ0v) is 13.1. The second-order valence-corrected chi connectivity index (χ2v) is 7.28. The van der Waals surface area contributed by atoms with Gasteiger partial charge in [0.25, 0.3) is 0 Å².